The van der Waals surface area contributed by atoms with Gasteiger partial charge in [0.1, 0.15) is 18.1 Å². The minimum atomic E-state index is -1.13. The molecular formula is C26H39N5O5. The first-order valence-corrected chi connectivity index (χ1v) is 12.4. The van der Waals surface area contributed by atoms with E-state index in [1.165, 1.54) is 6.92 Å². The molecule has 5 unspecified atom stereocenters. The van der Waals surface area contributed by atoms with Gasteiger partial charge in [0.15, 0.2) is 0 Å². The molecule has 0 aliphatic carbocycles. The maximum absolute atomic E-state index is 13.4. The molecule has 0 aliphatic heterocycles. The van der Waals surface area contributed by atoms with Crippen molar-refractivity contribution in [3.8, 4) is 0 Å². The fraction of sp³-hybridized carbons (Fsp3) is 0.538. The minimum absolute atomic E-state index is 0.0528. The zero-order chi connectivity index (χ0) is 27.0. The molecule has 3 amide bonds. The maximum atomic E-state index is 13.4. The Balaban J connectivity index is 2.28. The predicted octanol–water partition coefficient (Wildman–Crippen LogP) is 1.69. The van der Waals surface area contributed by atoms with Gasteiger partial charge in [-0.15, -0.1) is 0 Å². The maximum Gasteiger partial charge on any atom is 0.326 e. The normalized spacial score (nSPS) is 15.5. The third kappa shape index (κ3) is 7.81. The number of nitrogens with one attached hydrogen (secondary N) is 4. The summed E-state index contributed by atoms with van der Waals surface area (Å²) in [5, 5.41) is 18.5. The van der Waals surface area contributed by atoms with Crippen molar-refractivity contribution in [2.24, 2.45) is 17.6 Å². The van der Waals surface area contributed by atoms with E-state index in [4.69, 9.17) is 5.73 Å². The minimum Gasteiger partial charge on any atom is -0.480 e. The quantitative estimate of drug-likeness (QED) is 0.244. The topological polar surface area (TPSA) is 166 Å². The zero-order valence-electron chi connectivity index (χ0n) is 21.6. The van der Waals surface area contributed by atoms with Gasteiger partial charge in [-0.05, 0) is 36.8 Å². The lowest BCUT2D eigenvalue weighted by atomic mass is 9.96. The van der Waals surface area contributed by atoms with Crippen molar-refractivity contribution in [3.05, 3.63) is 36.0 Å². The van der Waals surface area contributed by atoms with E-state index in [1.807, 2.05) is 45.0 Å². The molecule has 5 atom stereocenters. The van der Waals surface area contributed by atoms with E-state index < -0.39 is 47.9 Å². The predicted molar refractivity (Wildman–Crippen MR) is 138 cm³/mol. The number of aromatic amines is 1. The number of aliphatic carboxylic acids is 1. The van der Waals surface area contributed by atoms with E-state index in [1.54, 1.807) is 13.1 Å². The van der Waals surface area contributed by atoms with Crippen LogP contribution in [0, 0.1) is 11.8 Å². The Bertz CT molecular complexity index is 1060. The smallest absolute Gasteiger partial charge is 0.326 e. The summed E-state index contributed by atoms with van der Waals surface area (Å²) in [6.07, 6.45) is 2.79. The van der Waals surface area contributed by atoms with Gasteiger partial charge in [0.25, 0.3) is 0 Å². The lowest BCUT2D eigenvalue weighted by Gasteiger charge is -2.28. The SMILES string of the molecule is CCC(C)C(NC(=O)C(Cc1c[nH]c2ccccc12)NC(=O)C(C)N)C(=O)NC(CC(C)C)C(=O)O. The van der Waals surface area contributed by atoms with E-state index >= 15 is 0 Å². The second kappa shape index (κ2) is 13.1. The molecule has 1 aromatic heterocycles. The molecule has 198 valence electrons. The molecular weight excluding hydrogens is 462 g/mol. The molecule has 0 aliphatic rings. The van der Waals surface area contributed by atoms with Crippen LogP contribution in [0.2, 0.25) is 0 Å². The van der Waals surface area contributed by atoms with Gasteiger partial charge in [-0.2, -0.15) is 0 Å². The Morgan fingerprint density at radius 2 is 1.58 bits per heavy atom. The van der Waals surface area contributed by atoms with Gasteiger partial charge in [-0.3, -0.25) is 14.4 Å². The van der Waals surface area contributed by atoms with Crippen molar-refractivity contribution in [2.45, 2.75) is 78.0 Å². The Hall–Kier alpha value is -3.40. The first-order chi connectivity index (χ1) is 16.9. The van der Waals surface area contributed by atoms with E-state index in [-0.39, 0.29) is 24.7 Å². The molecule has 10 heteroatoms. The molecule has 0 saturated heterocycles. The molecule has 1 heterocycles. The first kappa shape index (κ1) is 28.8. The van der Waals surface area contributed by atoms with Crippen LogP contribution in [0.1, 0.15) is 53.0 Å². The zero-order valence-corrected chi connectivity index (χ0v) is 21.6. The number of H-pyrrole nitrogens is 1. The standard InChI is InChI=1S/C26H39N5O5/c1-6-15(4)22(25(34)30-21(26(35)36)11-14(2)3)31-24(33)20(29-23(32)16(5)27)12-17-13-28-19-10-8-7-9-18(17)19/h7-10,13-16,20-22,28H,6,11-12,27H2,1-5H3,(H,29,32)(H,30,34)(H,31,33)(H,35,36). The highest BCUT2D eigenvalue weighted by Gasteiger charge is 2.33. The summed E-state index contributed by atoms with van der Waals surface area (Å²) < 4.78 is 0. The summed E-state index contributed by atoms with van der Waals surface area (Å²) in [5.41, 5.74) is 7.44. The van der Waals surface area contributed by atoms with Crippen LogP contribution in [-0.2, 0) is 25.6 Å². The Labute approximate surface area is 211 Å². The summed E-state index contributed by atoms with van der Waals surface area (Å²) in [6, 6.07) is 3.73. The Morgan fingerprint density at radius 3 is 2.17 bits per heavy atom. The van der Waals surface area contributed by atoms with E-state index in [0.29, 0.717) is 6.42 Å². The molecule has 1 aromatic carbocycles. The number of nitrogens with two attached hydrogens (primary N) is 1. The fourth-order valence-electron chi connectivity index (χ4n) is 3.94. The number of carbonyl (C=O) groups excluding carboxylic acids is 3. The Kier molecular flexibility index (Phi) is 10.5. The van der Waals surface area contributed by atoms with Crippen molar-refractivity contribution in [2.75, 3.05) is 0 Å². The van der Waals surface area contributed by atoms with Crippen LogP contribution in [0.5, 0.6) is 0 Å². The number of carbonyl (C=O) groups is 4. The molecule has 36 heavy (non-hydrogen) atoms. The summed E-state index contributed by atoms with van der Waals surface area (Å²) >= 11 is 0. The van der Waals surface area contributed by atoms with Gasteiger partial charge in [-0.1, -0.05) is 52.3 Å². The molecule has 0 saturated carbocycles. The average Bonchev–Trinajstić information content (AvgIpc) is 3.23. The van der Waals surface area contributed by atoms with Crippen molar-refractivity contribution in [1.29, 1.82) is 0 Å². The van der Waals surface area contributed by atoms with Crippen LogP contribution in [0.3, 0.4) is 0 Å². The fourth-order valence-corrected chi connectivity index (χ4v) is 3.94. The molecule has 7 N–H and O–H groups in total. The van der Waals surface area contributed by atoms with Crippen LogP contribution in [0.15, 0.2) is 30.5 Å². The van der Waals surface area contributed by atoms with Crippen LogP contribution in [0.4, 0.5) is 0 Å². The van der Waals surface area contributed by atoms with Crippen LogP contribution >= 0.6 is 0 Å². The van der Waals surface area contributed by atoms with Gasteiger partial charge >= 0.3 is 5.97 Å². The van der Waals surface area contributed by atoms with Crippen LogP contribution in [0.25, 0.3) is 10.9 Å². The molecule has 2 rings (SSSR count). The van der Waals surface area contributed by atoms with Crippen molar-refractivity contribution >= 4 is 34.6 Å². The van der Waals surface area contributed by atoms with Crippen molar-refractivity contribution < 1.29 is 24.3 Å². The Morgan fingerprint density at radius 1 is 0.944 bits per heavy atom. The van der Waals surface area contributed by atoms with Gasteiger partial charge in [0, 0.05) is 23.5 Å². The summed E-state index contributed by atoms with van der Waals surface area (Å²) in [6.45, 7) is 8.93. The van der Waals surface area contributed by atoms with Gasteiger partial charge in [0.2, 0.25) is 17.7 Å². The van der Waals surface area contributed by atoms with E-state index in [2.05, 4.69) is 20.9 Å². The highest BCUT2D eigenvalue weighted by molar-refractivity contribution is 5.95. The number of aromatic nitrogens is 1. The highest BCUT2D eigenvalue weighted by Crippen LogP contribution is 2.19. The van der Waals surface area contributed by atoms with Crippen molar-refractivity contribution in [1.82, 2.24) is 20.9 Å². The molecule has 0 radical (unpaired) electrons. The van der Waals surface area contributed by atoms with Crippen LogP contribution in [-0.4, -0.2) is 57.9 Å². The largest absolute Gasteiger partial charge is 0.480 e. The lowest BCUT2D eigenvalue weighted by molar-refractivity contribution is -0.143. The third-order valence-corrected chi connectivity index (χ3v) is 6.26. The molecule has 0 fully saturated rings. The number of carboxylic acid groups (broad SMARTS) is 1. The van der Waals surface area contributed by atoms with E-state index in [0.717, 1.165) is 16.5 Å². The number of hydrogen-bond acceptors (Lipinski definition) is 5. The third-order valence-electron chi connectivity index (χ3n) is 6.26. The first-order valence-electron chi connectivity index (χ1n) is 12.4. The number of amides is 3. The van der Waals surface area contributed by atoms with Crippen LogP contribution < -0.4 is 21.7 Å². The number of benzene rings is 1. The lowest BCUT2D eigenvalue weighted by Crippen LogP contribution is -2.59. The van der Waals surface area contributed by atoms with E-state index in [9.17, 15) is 24.3 Å². The number of carboxylic acids is 1. The number of hydrogen-bond donors (Lipinski definition) is 6. The van der Waals surface area contributed by atoms with Gasteiger partial charge in [-0.25, -0.2) is 4.79 Å². The molecule has 0 bridgehead atoms. The summed E-state index contributed by atoms with van der Waals surface area (Å²) in [7, 11) is 0. The van der Waals surface area contributed by atoms with Gasteiger partial charge < -0.3 is 31.8 Å². The van der Waals surface area contributed by atoms with Gasteiger partial charge in [0.05, 0.1) is 6.04 Å². The highest BCUT2D eigenvalue weighted by atomic mass is 16.4. The number of para-hydroxylation sites is 1. The molecule has 10 nitrogen and oxygen atoms in total. The second-order valence-electron chi connectivity index (χ2n) is 9.81. The molecule has 0 spiro atoms. The summed E-state index contributed by atoms with van der Waals surface area (Å²) in [5.74, 6) is -2.98. The average molecular weight is 502 g/mol. The number of rotatable bonds is 13. The monoisotopic (exact) mass is 501 g/mol. The van der Waals surface area contributed by atoms with Crippen molar-refractivity contribution in [3.63, 3.8) is 0 Å². The molecule has 2 aromatic rings. The number of fused-ring (bicyclic) bond motifs is 1. The second-order valence-corrected chi connectivity index (χ2v) is 9.81. The summed E-state index contributed by atoms with van der Waals surface area (Å²) in [4.78, 5) is 53.8.